The molecular formula is C14H14N4O3. The van der Waals surface area contributed by atoms with E-state index in [0.717, 1.165) is 5.56 Å². The zero-order valence-corrected chi connectivity index (χ0v) is 12.0. The van der Waals surface area contributed by atoms with Gasteiger partial charge in [-0.15, -0.1) is 0 Å². The predicted molar refractivity (Wildman–Crippen MR) is 75.2 cm³/mol. The number of methoxy groups -OCH3 is 1. The number of ether oxygens (including phenoxy) is 1. The fourth-order valence-electron chi connectivity index (χ4n) is 2.22. The van der Waals surface area contributed by atoms with E-state index in [-0.39, 0.29) is 5.69 Å². The van der Waals surface area contributed by atoms with Gasteiger partial charge in [0, 0.05) is 0 Å². The average Bonchev–Trinajstić information content (AvgIpc) is 2.73. The number of aromatic nitrogens is 2. The van der Waals surface area contributed by atoms with Crippen LogP contribution in [0.2, 0.25) is 0 Å². The largest absolute Gasteiger partial charge is 0.495 e. The Morgan fingerprint density at radius 2 is 2.19 bits per heavy atom. The van der Waals surface area contributed by atoms with Gasteiger partial charge >= 0.3 is 5.69 Å². The molecule has 2 aromatic rings. The molecule has 0 aliphatic rings. The molecule has 7 nitrogen and oxygen atoms in total. The molecule has 7 heteroatoms. The molecule has 1 aromatic carbocycles. The second kappa shape index (κ2) is 5.63. The predicted octanol–water partition coefficient (Wildman–Crippen LogP) is 2.34. The van der Waals surface area contributed by atoms with E-state index in [1.807, 2.05) is 6.07 Å². The molecule has 0 spiro atoms. The fourth-order valence-corrected chi connectivity index (χ4v) is 2.22. The summed E-state index contributed by atoms with van der Waals surface area (Å²) in [5, 5.41) is 24.2. The highest BCUT2D eigenvalue weighted by Gasteiger charge is 2.21. The molecule has 0 saturated carbocycles. The maximum absolute atomic E-state index is 11.0. The maximum atomic E-state index is 11.0. The van der Waals surface area contributed by atoms with Crippen LogP contribution < -0.4 is 4.74 Å². The van der Waals surface area contributed by atoms with E-state index in [1.54, 1.807) is 30.7 Å². The molecule has 0 saturated heterocycles. The van der Waals surface area contributed by atoms with Crippen LogP contribution in [-0.2, 0) is 6.54 Å². The van der Waals surface area contributed by atoms with Crippen molar-refractivity contribution in [2.24, 2.45) is 0 Å². The third kappa shape index (κ3) is 2.69. The van der Waals surface area contributed by atoms with E-state index in [9.17, 15) is 10.1 Å². The van der Waals surface area contributed by atoms with Crippen LogP contribution in [0.15, 0.2) is 18.2 Å². The summed E-state index contributed by atoms with van der Waals surface area (Å²) < 4.78 is 6.65. The Balaban J connectivity index is 2.38. The van der Waals surface area contributed by atoms with E-state index < -0.39 is 4.92 Å². The van der Waals surface area contributed by atoms with Gasteiger partial charge in [0.1, 0.15) is 23.2 Å². The van der Waals surface area contributed by atoms with E-state index in [1.165, 1.54) is 7.11 Å². The van der Waals surface area contributed by atoms with Crippen molar-refractivity contribution < 1.29 is 9.66 Å². The highest BCUT2D eigenvalue weighted by atomic mass is 16.6. The van der Waals surface area contributed by atoms with Crippen LogP contribution in [0, 0.1) is 35.3 Å². The lowest BCUT2D eigenvalue weighted by Crippen LogP contribution is -2.05. The van der Waals surface area contributed by atoms with E-state index in [4.69, 9.17) is 10.00 Å². The summed E-state index contributed by atoms with van der Waals surface area (Å²) in [7, 11) is 1.50. The number of nitrogens with zero attached hydrogens (tertiary/aromatic N) is 4. The van der Waals surface area contributed by atoms with Gasteiger partial charge in [0.2, 0.25) is 0 Å². The summed E-state index contributed by atoms with van der Waals surface area (Å²) in [5.41, 5.74) is 2.15. The van der Waals surface area contributed by atoms with Crippen LogP contribution in [0.5, 0.6) is 5.75 Å². The number of aryl methyl sites for hydroxylation is 1. The van der Waals surface area contributed by atoms with E-state index in [2.05, 4.69) is 11.2 Å². The lowest BCUT2D eigenvalue weighted by Gasteiger charge is -2.07. The summed E-state index contributed by atoms with van der Waals surface area (Å²) in [5.74, 6) is 0.501. The van der Waals surface area contributed by atoms with Crippen LogP contribution in [0.4, 0.5) is 5.69 Å². The molecule has 0 bridgehead atoms. The second-order valence-electron chi connectivity index (χ2n) is 4.58. The molecule has 21 heavy (non-hydrogen) atoms. The summed E-state index contributed by atoms with van der Waals surface area (Å²) in [4.78, 5) is 10.6. The van der Waals surface area contributed by atoms with Crippen LogP contribution in [0.1, 0.15) is 22.5 Å². The lowest BCUT2D eigenvalue weighted by atomic mass is 10.1. The van der Waals surface area contributed by atoms with Gasteiger partial charge in [-0.25, -0.2) is 0 Å². The Bertz CT molecular complexity index is 743. The highest BCUT2D eigenvalue weighted by molar-refractivity contribution is 5.46. The van der Waals surface area contributed by atoms with Crippen molar-refractivity contribution >= 4 is 5.69 Å². The van der Waals surface area contributed by atoms with Gasteiger partial charge in [0.05, 0.1) is 24.1 Å². The van der Waals surface area contributed by atoms with Gasteiger partial charge in [-0.1, -0.05) is 6.07 Å². The molecule has 0 fully saturated rings. The first-order valence-electron chi connectivity index (χ1n) is 6.23. The zero-order chi connectivity index (χ0) is 15.6. The quantitative estimate of drug-likeness (QED) is 0.635. The molecule has 0 radical (unpaired) electrons. The Morgan fingerprint density at radius 1 is 1.48 bits per heavy atom. The molecule has 1 heterocycles. The minimum atomic E-state index is -0.428. The lowest BCUT2D eigenvalue weighted by molar-refractivity contribution is -0.386. The van der Waals surface area contributed by atoms with Crippen molar-refractivity contribution in [1.29, 1.82) is 5.26 Å². The Hall–Kier alpha value is -2.88. The molecular weight excluding hydrogens is 272 g/mol. The maximum Gasteiger partial charge on any atom is 0.312 e. The number of nitro groups is 1. The van der Waals surface area contributed by atoms with E-state index >= 15 is 0 Å². The SMILES string of the molecule is COc1ccc(Cn2nc(C)c([N+](=O)[O-])c2C)cc1C#N. The minimum Gasteiger partial charge on any atom is -0.495 e. The van der Waals surface area contributed by atoms with Crippen LogP contribution in [0.25, 0.3) is 0 Å². The first kappa shape index (κ1) is 14.5. The molecule has 0 aliphatic carbocycles. The van der Waals surface area contributed by atoms with Crippen molar-refractivity contribution in [3.63, 3.8) is 0 Å². The molecule has 0 aliphatic heterocycles. The number of hydrogen-bond acceptors (Lipinski definition) is 5. The van der Waals surface area contributed by atoms with Gasteiger partial charge in [-0.2, -0.15) is 10.4 Å². The smallest absolute Gasteiger partial charge is 0.312 e. The van der Waals surface area contributed by atoms with Crippen LogP contribution >= 0.6 is 0 Å². The van der Waals surface area contributed by atoms with Crippen molar-refractivity contribution in [1.82, 2.24) is 9.78 Å². The number of rotatable bonds is 4. The minimum absolute atomic E-state index is 0.0315. The van der Waals surface area contributed by atoms with Gasteiger partial charge in [-0.05, 0) is 31.5 Å². The second-order valence-corrected chi connectivity index (χ2v) is 4.58. The summed E-state index contributed by atoms with van der Waals surface area (Å²) >= 11 is 0. The molecule has 0 atom stereocenters. The monoisotopic (exact) mass is 286 g/mol. The van der Waals surface area contributed by atoms with Gasteiger partial charge in [0.25, 0.3) is 0 Å². The molecule has 0 unspecified atom stereocenters. The zero-order valence-electron chi connectivity index (χ0n) is 12.0. The fraction of sp³-hybridized carbons (Fsp3) is 0.286. The number of benzene rings is 1. The Labute approximate surface area is 121 Å². The summed E-state index contributed by atoms with van der Waals surface area (Å²) in [6, 6.07) is 7.26. The summed E-state index contributed by atoms with van der Waals surface area (Å²) in [6.45, 7) is 3.63. The van der Waals surface area contributed by atoms with Crippen molar-refractivity contribution in [2.45, 2.75) is 20.4 Å². The van der Waals surface area contributed by atoms with Crippen LogP contribution in [-0.4, -0.2) is 21.8 Å². The van der Waals surface area contributed by atoms with Gasteiger partial charge in [-0.3, -0.25) is 14.8 Å². The van der Waals surface area contributed by atoms with Crippen molar-refractivity contribution in [2.75, 3.05) is 7.11 Å². The van der Waals surface area contributed by atoms with Crippen molar-refractivity contribution in [3.8, 4) is 11.8 Å². The van der Waals surface area contributed by atoms with Gasteiger partial charge in [0.15, 0.2) is 0 Å². The molecule has 108 valence electrons. The first-order valence-corrected chi connectivity index (χ1v) is 6.23. The number of nitriles is 1. The topological polar surface area (TPSA) is 94.0 Å². The Kier molecular flexibility index (Phi) is 3.89. The average molecular weight is 286 g/mol. The molecule has 2 rings (SSSR count). The third-order valence-corrected chi connectivity index (χ3v) is 3.24. The third-order valence-electron chi connectivity index (χ3n) is 3.24. The summed E-state index contributed by atoms with van der Waals surface area (Å²) in [6.07, 6.45) is 0. The molecule has 0 N–H and O–H groups in total. The van der Waals surface area contributed by atoms with Gasteiger partial charge < -0.3 is 4.74 Å². The molecule has 0 amide bonds. The standard InChI is InChI=1S/C14H14N4O3/c1-9-14(18(19)20)10(2)17(16-9)8-11-4-5-13(21-3)12(6-11)7-15/h4-6H,8H2,1-3H3. The van der Waals surface area contributed by atoms with Crippen LogP contribution in [0.3, 0.4) is 0 Å². The highest BCUT2D eigenvalue weighted by Crippen LogP contribution is 2.24. The normalized spacial score (nSPS) is 10.2. The first-order chi connectivity index (χ1) is 9.97. The Morgan fingerprint density at radius 3 is 2.71 bits per heavy atom. The number of hydrogen-bond donors (Lipinski definition) is 0. The molecule has 1 aromatic heterocycles. The van der Waals surface area contributed by atoms with E-state index in [0.29, 0.717) is 29.2 Å². The van der Waals surface area contributed by atoms with Crippen molar-refractivity contribution in [3.05, 3.63) is 50.8 Å².